The molecule has 0 saturated heterocycles. The molecule has 3 heteroatoms. The second-order valence-electron chi connectivity index (χ2n) is 5.45. The average molecular weight is 364 g/mol. The zero-order valence-corrected chi connectivity index (χ0v) is 16.2. The molecule has 0 aliphatic heterocycles. The van der Waals surface area contributed by atoms with Gasteiger partial charge in [0.05, 0.1) is 0 Å². The first-order valence-corrected chi connectivity index (χ1v) is 6.76. The van der Waals surface area contributed by atoms with E-state index in [0.717, 1.165) is 33.4 Å². The number of phenols is 2. The molecule has 0 fully saturated rings. The van der Waals surface area contributed by atoms with Crippen molar-refractivity contribution in [3.8, 4) is 11.5 Å². The average Bonchev–Trinajstić information content (AvgIpc) is 2.33. The van der Waals surface area contributed by atoms with Crippen LogP contribution < -0.4 is 0 Å². The van der Waals surface area contributed by atoms with Crippen LogP contribution in [0.25, 0.3) is 0 Å². The number of aryl methyl sites for hydroxylation is 4. The maximum atomic E-state index is 9.28. The molecular formula is C18H24O2Zr. The molecule has 0 amide bonds. The third kappa shape index (κ3) is 5.67. The van der Waals surface area contributed by atoms with Gasteiger partial charge in [0.2, 0.25) is 0 Å². The Morgan fingerprint density at radius 1 is 0.571 bits per heavy atom. The van der Waals surface area contributed by atoms with Gasteiger partial charge in [0.1, 0.15) is 11.5 Å². The molecule has 0 aliphatic carbocycles. The predicted molar refractivity (Wildman–Crippen MR) is 84.6 cm³/mol. The van der Waals surface area contributed by atoms with Crippen LogP contribution in [0.4, 0.5) is 0 Å². The smallest absolute Gasteiger partial charge is 0.119 e. The van der Waals surface area contributed by atoms with Gasteiger partial charge in [-0.15, -0.1) is 0 Å². The third-order valence-corrected chi connectivity index (χ3v) is 3.57. The molecule has 0 atom stereocenters. The van der Waals surface area contributed by atoms with Gasteiger partial charge in [-0.3, -0.25) is 0 Å². The van der Waals surface area contributed by atoms with Gasteiger partial charge in [-0.1, -0.05) is 12.1 Å². The summed E-state index contributed by atoms with van der Waals surface area (Å²) in [6.45, 7) is 11.8. The number of aromatic hydroxyl groups is 2. The Balaban J connectivity index is 0.000000364. The molecule has 0 unspecified atom stereocenters. The van der Waals surface area contributed by atoms with Crippen LogP contribution in [-0.2, 0) is 26.2 Å². The number of hydrogen-bond donors (Lipinski definition) is 2. The van der Waals surface area contributed by atoms with Crippen molar-refractivity contribution in [2.75, 3.05) is 0 Å². The summed E-state index contributed by atoms with van der Waals surface area (Å²) in [5, 5.41) is 18.6. The largest absolute Gasteiger partial charge is 0.508 e. The van der Waals surface area contributed by atoms with E-state index in [2.05, 4.69) is 12.1 Å². The van der Waals surface area contributed by atoms with Gasteiger partial charge in [-0.25, -0.2) is 0 Å². The summed E-state index contributed by atoms with van der Waals surface area (Å²) >= 11 is 0. The maximum Gasteiger partial charge on any atom is 0.119 e. The SMILES string of the molecule is Cc1cc(C)c(C)c(O)c1.Cc1cc(C)c(C)c(O)c1.[Zr]. The maximum absolute atomic E-state index is 9.28. The Bertz CT molecular complexity index is 517. The van der Waals surface area contributed by atoms with Gasteiger partial charge >= 0.3 is 0 Å². The van der Waals surface area contributed by atoms with Crippen LogP contribution in [0.1, 0.15) is 33.4 Å². The molecule has 2 N–H and O–H groups in total. The van der Waals surface area contributed by atoms with Crippen molar-refractivity contribution in [1.29, 1.82) is 0 Å². The Labute approximate surface area is 147 Å². The second-order valence-corrected chi connectivity index (χ2v) is 5.45. The van der Waals surface area contributed by atoms with Crippen molar-refractivity contribution >= 4 is 0 Å². The van der Waals surface area contributed by atoms with Gasteiger partial charge in [0.15, 0.2) is 0 Å². The number of rotatable bonds is 0. The van der Waals surface area contributed by atoms with Crippen LogP contribution in [0.5, 0.6) is 11.5 Å². The number of phenolic OH excluding ortho intramolecular Hbond substituents is 2. The van der Waals surface area contributed by atoms with Crippen molar-refractivity contribution in [3.63, 3.8) is 0 Å². The van der Waals surface area contributed by atoms with Crippen LogP contribution in [0, 0.1) is 41.5 Å². The van der Waals surface area contributed by atoms with Gasteiger partial charge in [0.25, 0.3) is 0 Å². The molecule has 0 radical (unpaired) electrons. The van der Waals surface area contributed by atoms with E-state index in [1.807, 2.05) is 41.5 Å². The zero-order valence-electron chi connectivity index (χ0n) is 13.7. The van der Waals surface area contributed by atoms with E-state index in [4.69, 9.17) is 0 Å². The van der Waals surface area contributed by atoms with Crippen molar-refractivity contribution in [1.82, 2.24) is 0 Å². The first-order chi connectivity index (χ1) is 9.22. The van der Waals surface area contributed by atoms with Crippen molar-refractivity contribution in [3.05, 3.63) is 57.6 Å². The van der Waals surface area contributed by atoms with Crippen molar-refractivity contribution in [2.24, 2.45) is 0 Å². The summed E-state index contributed by atoms with van der Waals surface area (Å²) in [6.07, 6.45) is 0. The van der Waals surface area contributed by atoms with Crippen LogP contribution in [0.15, 0.2) is 24.3 Å². The molecule has 2 aromatic carbocycles. The molecule has 0 aliphatic rings. The number of hydrogen-bond acceptors (Lipinski definition) is 2. The molecular weight excluding hydrogens is 339 g/mol. The van der Waals surface area contributed by atoms with E-state index in [1.165, 1.54) is 0 Å². The van der Waals surface area contributed by atoms with Crippen LogP contribution >= 0.6 is 0 Å². The van der Waals surface area contributed by atoms with Gasteiger partial charge in [0, 0.05) is 26.2 Å². The van der Waals surface area contributed by atoms with E-state index in [-0.39, 0.29) is 26.2 Å². The minimum absolute atomic E-state index is 0. The molecule has 2 rings (SSSR count). The quantitative estimate of drug-likeness (QED) is 0.716. The standard InChI is InChI=1S/2C9H12O.Zr/c2*1-6-4-7(2)8(3)9(10)5-6;/h2*4-5,10H,1-3H3;. The molecule has 0 aromatic heterocycles. The monoisotopic (exact) mass is 362 g/mol. The summed E-state index contributed by atoms with van der Waals surface area (Å²) < 4.78 is 0. The molecule has 2 nitrogen and oxygen atoms in total. The van der Waals surface area contributed by atoms with E-state index in [0.29, 0.717) is 11.5 Å². The molecule has 0 heterocycles. The first kappa shape index (κ1) is 19.9. The van der Waals surface area contributed by atoms with Gasteiger partial charge < -0.3 is 10.2 Å². The van der Waals surface area contributed by atoms with Crippen molar-refractivity contribution < 1.29 is 36.4 Å². The fourth-order valence-electron chi connectivity index (χ4n) is 2.03. The Kier molecular flexibility index (Phi) is 7.96. The zero-order chi connectivity index (χ0) is 15.4. The summed E-state index contributed by atoms with van der Waals surface area (Å²) in [6, 6.07) is 7.69. The summed E-state index contributed by atoms with van der Waals surface area (Å²) in [4.78, 5) is 0. The van der Waals surface area contributed by atoms with E-state index < -0.39 is 0 Å². The van der Waals surface area contributed by atoms with E-state index in [1.54, 1.807) is 12.1 Å². The topological polar surface area (TPSA) is 40.5 Å². The summed E-state index contributed by atoms with van der Waals surface area (Å²) in [7, 11) is 0. The van der Waals surface area contributed by atoms with E-state index >= 15 is 0 Å². The summed E-state index contributed by atoms with van der Waals surface area (Å²) in [5.41, 5.74) is 6.48. The molecule has 112 valence electrons. The van der Waals surface area contributed by atoms with Gasteiger partial charge in [-0.05, 0) is 87.1 Å². The summed E-state index contributed by atoms with van der Waals surface area (Å²) in [5.74, 6) is 0.801. The third-order valence-electron chi connectivity index (χ3n) is 3.57. The van der Waals surface area contributed by atoms with Crippen LogP contribution in [-0.4, -0.2) is 10.2 Å². The minimum Gasteiger partial charge on any atom is -0.508 e. The van der Waals surface area contributed by atoms with E-state index in [9.17, 15) is 10.2 Å². The predicted octanol–water partition coefficient (Wildman–Crippen LogP) is 4.63. The fourth-order valence-corrected chi connectivity index (χ4v) is 2.03. The molecule has 21 heavy (non-hydrogen) atoms. The normalized spacial score (nSPS) is 9.43. The Hall–Kier alpha value is -1.08. The molecule has 2 aromatic rings. The molecule has 0 saturated carbocycles. The first-order valence-electron chi connectivity index (χ1n) is 6.76. The Morgan fingerprint density at radius 3 is 1.10 bits per heavy atom. The number of benzene rings is 2. The Morgan fingerprint density at radius 2 is 0.857 bits per heavy atom. The van der Waals surface area contributed by atoms with Crippen LogP contribution in [0.2, 0.25) is 0 Å². The van der Waals surface area contributed by atoms with Gasteiger partial charge in [-0.2, -0.15) is 0 Å². The molecule has 0 spiro atoms. The second kappa shape index (κ2) is 8.39. The van der Waals surface area contributed by atoms with Crippen molar-refractivity contribution in [2.45, 2.75) is 41.5 Å². The fraction of sp³-hybridized carbons (Fsp3) is 0.333. The van der Waals surface area contributed by atoms with Crippen LogP contribution in [0.3, 0.4) is 0 Å². The minimum atomic E-state index is 0. The molecule has 0 bridgehead atoms.